The zero-order chi connectivity index (χ0) is 13.9. The lowest BCUT2D eigenvalue weighted by Gasteiger charge is -2.27. The van der Waals surface area contributed by atoms with Crippen molar-refractivity contribution in [3.63, 3.8) is 0 Å². The zero-order valence-corrected chi connectivity index (χ0v) is 11.8. The van der Waals surface area contributed by atoms with Crippen LogP contribution in [0, 0.1) is 17.8 Å². The second-order valence-corrected chi connectivity index (χ2v) is 6.48. The van der Waals surface area contributed by atoms with Crippen molar-refractivity contribution in [2.75, 3.05) is 6.54 Å². The average molecular weight is 277 g/mol. The molecule has 4 atom stereocenters. The highest BCUT2D eigenvalue weighted by Gasteiger charge is 2.40. The highest BCUT2D eigenvalue weighted by atomic mass is 19.4. The average Bonchev–Trinajstić information content (AvgIpc) is 2.93. The molecule has 19 heavy (non-hydrogen) atoms. The molecule has 2 rings (SSSR count). The van der Waals surface area contributed by atoms with Crippen molar-refractivity contribution in [2.24, 2.45) is 17.8 Å². The molecule has 0 heterocycles. The maximum atomic E-state index is 12.4. The molecule has 0 aromatic carbocycles. The van der Waals surface area contributed by atoms with Gasteiger partial charge in [0.15, 0.2) is 0 Å². The number of hydrogen-bond donors (Lipinski definition) is 1. The molecule has 4 unspecified atom stereocenters. The summed E-state index contributed by atoms with van der Waals surface area (Å²) in [6, 6.07) is 0.0610. The van der Waals surface area contributed by atoms with E-state index in [1.807, 2.05) is 0 Å². The minimum absolute atomic E-state index is 0.0610. The van der Waals surface area contributed by atoms with Gasteiger partial charge in [0.2, 0.25) is 0 Å². The summed E-state index contributed by atoms with van der Waals surface area (Å²) in [6.45, 7) is 2.90. The molecule has 0 aliphatic heterocycles. The molecule has 0 aromatic rings. The fraction of sp³-hybridized carbons (Fsp3) is 1.00. The Balaban J connectivity index is 1.79. The Morgan fingerprint density at radius 3 is 2.53 bits per heavy atom. The minimum Gasteiger partial charge on any atom is -0.314 e. The smallest absolute Gasteiger partial charge is 0.314 e. The van der Waals surface area contributed by atoms with Gasteiger partial charge in [-0.25, -0.2) is 0 Å². The fourth-order valence-electron chi connectivity index (χ4n) is 4.02. The zero-order valence-electron chi connectivity index (χ0n) is 11.8. The van der Waals surface area contributed by atoms with Gasteiger partial charge < -0.3 is 5.32 Å². The van der Waals surface area contributed by atoms with Crippen LogP contribution in [0.25, 0.3) is 0 Å². The summed E-state index contributed by atoms with van der Waals surface area (Å²) in [5.41, 5.74) is 0. The monoisotopic (exact) mass is 277 g/mol. The molecule has 0 spiro atoms. The van der Waals surface area contributed by atoms with Crippen LogP contribution >= 0.6 is 0 Å². The van der Waals surface area contributed by atoms with E-state index < -0.39 is 12.6 Å². The second-order valence-electron chi connectivity index (χ2n) is 6.48. The summed E-state index contributed by atoms with van der Waals surface area (Å²) in [5, 5.41) is 3.33. The normalized spacial score (nSPS) is 31.9. The lowest BCUT2D eigenvalue weighted by Crippen LogP contribution is -2.34. The van der Waals surface area contributed by atoms with Crippen molar-refractivity contribution in [1.82, 2.24) is 5.32 Å². The first-order chi connectivity index (χ1) is 8.98. The molecule has 2 bridgehead atoms. The lowest BCUT2D eigenvalue weighted by molar-refractivity contribution is -0.136. The van der Waals surface area contributed by atoms with Crippen molar-refractivity contribution >= 4 is 0 Å². The molecule has 2 aliphatic rings. The molecule has 0 amide bonds. The summed E-state index contributed by atoms with van der Waals surface area (Å²) >= 11 is 0. The second kappa shape index (κ2) is 6.47. The number of nitrogens with one attached hydrogen (secondary N) is 1. The molecule has 2 fully saturated rings. The fourth-order valence-corrected chi connectivity index (χ4v) is 4.02. The third kappa shape index (κ3) is 4.66. The van der Waals surface area contributed by atoms with Crippen LogP contribution in [-0.2, 0) is 0 Å². The van der Waals surface area contributed by atoms with E-state index in [0.29, 0.717) is 5.92 Å². The van der Waals surface area contributed by atoms with E-state index >= 15 is 0 Å². The Hall–Kier alpha value is -0.250. The predicted molar refractivity (Wildman–Crippen MR) is 70.9 cm³/mol. The summed E-state index contributed by atoms with van der Waals surface area (Å²) in [7, 11) is 0. The Morgan fingerprint density at radius 1 is 1.21 bits per heavy atom. The van der Waals surface area contributed by atoms with Gasteiger partial charge in [-0.1, -0.05) is 13.3 Å². The number of alkyl halides is 3. The van der Waals surface area contributed by atoms with Crippen LogP contribution < -0.4 is 5.32 Å². The number of hydrogen-bond acceptors (Lipinski definition) is 1. The van der Waals surface area contributed by atoms with Gasteiger partial charge in [0.1, 0.15) is 0 Å². The third-order valence-corrected chi connectivity index (χ3v) is 4.93. The molecule has 112 valence electrons. The first-order valence-electron chi connectivity index (χ1n) is 7.78. The summed E-state index contributed by atoms with van der Waals surface area (Å²) < 4.78 is 37.1. The van der Waals surface area contributed by atoms with Gasteiger partial charge in [-0.3, -0.25) is 0 Å². The quantitative estimate of drug-likeness (QED) is 0.721. The van der Waals surface area contributed by atoms with Crippen LogP contribution in [0.5, 0.6) is 0 Å². The lowest BCUT2D eigenvalue weighted by atomic mass is 9.83. The maximum Gasteiger partial charge on any atom is 0.389 e. The molecule has 1 nitrogen and oxygen atoms in total. The van der Waals surface area contributed by atoms with Crippen LogP contribution in [0.2, 0.25) is 0 Å². The molecule has 0 aromatic heterocycles. The molecular formula is C15H26F3N. The molecule has 0 radical (unpaired) electrons. The molecule has 4 heteroatoms. The van der Waals surface area contributed by atoms with Crippen LogP contribution in [0.1, 0.15) is 58.3 Å². The predicted octanol–water partition coefficient (Wildman–Crippen LogP) is 4.52. The minimum atomic E-state index is -4.01. The number of rotatable bonds is 7. The first-order valence-corrected chi connectivity index (χ1v) is 7.78. The van der Waals surface area contributed by atoms with Crippen LogP contribution in [0.4, 0.5) is 13.2 Å². The molecular weight excluding hydrogens is 251 g/mol. The molecule has 1 N–H and O–H groups in total. The van der Waals surface area contributed by atoms with Gasteiger partial charge >= 0.3 is 6.18 Å². The van der Waals surface area contributed by atoms with Crippen molar-refractivity contribution in [1.29, 1.82) is 0 Å². The van der Waals surface area contributed by atoms with E-state index in [9.17, 15) is 13.2 Å². The van der Waals surface area contributed by atoms with E-state index in [4.69, 9.17) is 0 Å². The standard InChI is InChI=1S/C15H26F3N/c1-2-7-19-14(5-6-15(16,17)18)10-13-9-11-3-4-12(13)8-11/h11-14,19H,2-10H2,1H3. The maximum absolute atomic E-state index is 12.4. The Bertz CT molecular complexity index is 277. The van der Waals surface area contributed by atoms with E-state index in [1.54, 1.807) is 0 Å². The number of fused-ring (bicyclic) bond motifs is 2. The van der Waals surface area contributed by atoms with Gasteiger partial charge in [0, 0.05) is 12.5 Å². The number of halogens is 3. The first kappa shape index (κ1) is 15.1. The van der Waals surface area contributed by atoms with Crippen LogP contribution in [0.15, 0.2) is 0 Å². The Morgan fingerprint density at radius 2 is 2.00 bits per heavy atom. The molecule has 2 saturated carbocycles. The Labute approximate surface area is 114 Å². The summed E-state index contributed by atoms with van der Waals surface area (Å²) in [5.74, 6) is 2.37. The van der Waals surface area contributed by atoms with Crippen molar-refractivity contribution < 1.29 is 13.2 Å². The highest BCUT2D eigenvalue weighted by Crippen LogP contribution is 2.50. The molecule has 2 aliphatic carbocycles. The van der Waals surface area contributed by atoms with Crippen molar-refractivity contribution in [3.8, 4) is 0 Å². The van der Waals surface area contributed by atoms with Crippen molar-refractivity contribution in [3.05, 3.63) is 0 Å². The third-order valence-electron chi connectivity index (χ3n) is 4.93. The van der Waals surface area contributed by atoms with E-state index in [0.717, 1.165) is 31.2 Å². The van der Waals surface area contributed by atoms with Gasteiger partial charge in [0.25, 0.3) is 0 Å². The SMILES string of the molecule is CCCNC(CCC(F)(F)F)CC1CC2CCC1C2. The van der Waals surface area contributed by atoms with Crippen molar-refractivity contribution in [2.45, 2.75) is 70.5 Å². The van der Waals surface area contributed by atoms with Gasteiger partial charge in [0.05, 0.1) is 0 Å². The van der Waals surface area contributed by atoms with E-state index in [-0.39, 0.29) is 12.5 Å². The summed E-state index contributed by atoms with van der Waals surface area (Å²) in [4.78, 5) is 0. The Kier molecular flexibility index (Phi) is 5.15. The molecule has 0 saturated heterocycles. The highest BCUT2D eigenvalue weighted by molar-refractivity contribution is 4.91. The largest absolute Gasteiger partial charge is 0.389 e. The van der Waals surface area contributed by atoms with Gasteiger partial charge in [-0.2, -0.15) is 13.2 Å². The van der Waals surface area contributed by atoms with Crippen LogP contribution in [-0.4, -0.2) is 18.8 Å². The van der Waals surface area contributed by atoms with Crippen LogP contribution in [0.3, 0.4) is 0 Å². The van der Waals surface area contributed by atoms with Gasteiger partial charge in [-0.05, 0) is 62.8 Å². The van der Waals surface area contributed by atoms with E-state index in [1.165, 1.54) is 25.7 Å². The summed E-state index contributed by atoms with van der Waals surface area (Å²) in [6.07, 6.45) is 2.81. The van der Waals surface area contributed by atoms with E-state index in [2.05, 4.69) is 12.2 Å². The van der Waals surface area contributed by atoms with Gasteiger partial charge in [-0.15, -0.1) is 0 Å². The topological polar surface area (TPSA) is 12.0 Å².